The fourth-order valence-electron chi connectivity index (χ4n) is 2.56. The van der Waals surface area contributed by atoms with Crippen LogP contribution in [0.1, 0.15) is 16.9 Å². The number of amides is 1. The quantitative estimate of drug-likeness (QED) is 0.479. The van der Waals surface area contributed by atoms with Gasteiger partial charge in [0.05, 0.1) is 4.91 Å². The molecule has 0 saturated heterocycles. The van der Waals surface area contributed by atoms with Crippen molar-refractivity contribution >= 4 is 44.7 Å². The van der Waals surface area contributed by atoms with E-state index in [-0.39, 0.29) is 5.91 Å². The predicted molar refractivity (Wildman–Crippen MR) is 110 cm³/mol. The van der Waals surface area contributed by atoms with E-state index in [4.69, 9.17) is 4.42 Å². The molecule has 1 aliphatic heterocycles. The summed E-state index contributed by atoms with van der Waals surface area (Å²) in [5, 5.41) is 0.723. The van der Waals surface area contributed by atoms with Crippen LogP contribution in [0.4, 0.5) is 0 Å². The van der Waals surface area contributed by atoms with Gasteiger partial charge in [-0.2, -0.15) is 0 Å². The van der Waals surface area contributed by atoms with E-state index in [2.05, 4.69) is 20.9 Å². The number of hydrogen-bond acceptors (Lipinski definition) is 3. The van der Waals surface area contributed by atoms with Crippen molar-refractivity contribution in [3.8, 4) is 11.3 Å². The smallest absolute Gasteiger partial charge is 0.285 e. The maximum absolute atomic E-state index is 12.2. The van der Waals surface area contributed by atoms with Crippen molar-refractivity contribution in [2.75, 3.05) is 0 Å². The molecule has 5 heteroatoms. The number of aryl methyl sites for hydroxylation is 1. The Hall–Kier alpha value is -2.37. The minimum absolute atomic E-state index is 0.229. The molecule has 0 N–H and O–H groups in total. The molecule has 3 nitrogen and oxygen atoms in total. The fraction of sp³-hybridized carbons (Fsp3) is 0.0476. The molecule has 0 aliphatic carbocycles. The summed E-state index contributed by atoms with van der Waals surface area (Å²) in [6, 6.07) is 19.7. The third-order valence-electron chi connectivity index (χ3n) is 3.95. The van der Waals surface area contributed by atoms with Gasteiger partial charge in [0.1, 0.15) is 16.6 Å². The molecular weight excluding hydrogens is 410 g/mol. The number of nitrogens with zero attached hydrogens (tertiary/aromatic N) is 1. The van der Waals surface area contributed by atoms with Crippen LogP contribution in [0.2, 0.25) is 0 Å². The van der Waals surface area contributed by atoms with E-state index in [1.54, 1.807) is 6.08 Å². The van der Waals surface area contributed by atoms with Crippen LogP contribution in [0.25, 0.3) is 17.4 Å². The van der Waals surface area contributed by atoms with E-state index in [0.717, 1.165) is 26.4 Å². The molecule has 2 heterocycles. The number of carbonyl (C=O) groups is 1. The zero-order chi connectivity index (χ0) is 18.1. The molecule has 0 spiro atoms. The Balaban J connectivity index is 1.55. The highest BCUT2D eigenvalue weighted by Gasteiger charge is 2.23. The normalized spacial score (nSPS) is 15.5. The van der Waals surface area contributed by atoms with Gasteiger partial charge in [-0.1, -0.05) is 69.7 Å². The third kappa shape index (κ3) is 3.59. The minimum atomic E-state index is -0.229. The summed E-state index contributed by atoms with van der Waals surface area (Å²) in [7, 11) is 0. The van der Waals surface area contributed by atoms with Crippen molar-refractivity contribution in [2.24, 2.45) is 4.99 Å². The molecule has 1 amide bonds. The van der Waals surface area contributed by atoms with Crippen LogP contribution in [-0.4, -0.2) is 11.0 Å². The summed E-state index contributed by atoms with van der Waals surface area (Å²) in [4.78, 5) is 17.0. The molecule has 0 unspecified atom stereocenters. The highest BCUT2D eigenvalue weighted by Crippen LogP contribution is 2.33. The molecule has 0 atom stereocenters. The Morgan fingerprint density at radius 2 is 1.65 bits per heavy atom. The van der Waals surface area contributed by atoms with Gasteiger partial charge >= 0.3 is 0 Å². The van der Waals surface area contributed by atoms with E-state index in [1.807, 2.05) is 67.6 Å². The molecule has 3 aromatic rings. The SMILES string of the molecule is Cc1ccc(C2=NC(=O)C(=Cc3ccc(-c4ccc(Br)cc4)o3)S2)cc1. The lowest BCUT2D eigenvalue weighted by Gasteiger charge is -1.99. The summed E-state index contributed by atoms with van der Waals surface area (Å²) in [6.07, 6.45) is 1.75. The van der Waals surface area contributed by atoms with Gasteiger partial charge in [-0.15, -0.1) is 0 Å². The first-order valence-electron chi connectivity index (χ1n) is 8.04. The first-order valence-corrected chi connectivity index (χ1v) is 9.65. The predicted octanol–water partition coefficient (Wildman–Crippen LogP) is 6.08. The van der Waals surface area contributed by atoms with Crippen molar-refractivity contribution in [1.82, 2.24) is 0 Å². The molecular formula is C21H14BrNO2S. The van der Waals surface area contributed by atoms with Crippen molar-refractivity contribution in [3.63, 3.8) is 0 Å². The molecule has 0 bridgehead atoms. The Morgan fingerprint density at radius 3 is 2.38 bits per heavy atom. The average molecular weight is 424 g/mol. The minimum Gasteiger partial charge on any atom is -0.457 e. The zero-order valence-corrected chi connectivity index (χ0v) is 16.3. The second-order valence-corrected chi connectivity index (χ2v) is 7.85. The van der Waals surface area contributed by atoms with Crippen LogP contribution in [-0.2, 0) is 4.79 Å². The van der Waals surface area contributed by atoms with Crippen molar-refractivity contribution in [3.05, 3.63) is 86.9 Å². The Kier molecular flexibility index (Phi) is 4.66. The Bertz CT molecular complexity index is 1030. The van der Waals surface area contributed by atoms with Gasteiger partial charge in [0.2, 0.25) is 0 Å². The lowest BCUT2D eigenvalue weighted by Crippen LogP contribution is -1.90. The molecule has 1 aromatic heterocycles. The van der Waals surface area contributed by atoms with Gasteiger partial charge in [-0.3, -0.25) is 4.79 Å². The van der Waals surface area contributed by atoms with Crippen molar-refractivity contribution < 1.29 is 9.21 Å². The molecule has 2 aromatic carbocycles. The topological polar surface area (TPSA) is 42.6 Å². The summed E-state index contributed by atoms with van der Waals surface area (Å²) < 4.78 is 6.89. The highest BCUT2D eigenvalue weighted by atomic mass is 79.9. The molecule has 0 radical (unpaired) electrons. The number of rotatable bonds is 3. The van der Waals surface area contributed by atoms with Gasteiger partial charge < -0.3 is 4.42 Å². The number of halogens is 1. The van der Waals surface area contributed by atoms with E-state index >= 15 is 0 Å². The second kappa shape index (κ2) is 7.09. The van der Waals surface area contributed by atoms with Gasteiger partial charge in [-0.25, -0.2) is 4.99 Å². The molecule has 26 heavy (non-hydrogen) atoms. The number of furan rings is 1. The lowest BCUT2D eigenvalue weighted by molar-refractivity contribution is -0.113. The van der Waals surface area contributed by atoms with Crippen molar-refractivity contribution in [1.29, 1.82) is 0 Å². The first kappa shape index (κ1) is 17.1. The van der Waals surface area contributed by atoms with Crippen LogP contribution in [0.5, 0.6) is 0 Å². The lowest BCUT2D eigenvalue weighted by atomic mass is 10.2. The summed E-state index contributed by atoms with van der Waals surface area (Å²) in [5.74, 6) is 1.17. The van der Waals surface area contributed by atoms with Gasteiger partial charge in [0.15, 0.2) is 0 Å². The van der Waals surface area contributed by atoms with Crippen LogP contribution >= 0.6 is 27.7 Å². The summed E-state index contributed by atoms with van der Waals surface area (Å²) in [6.45, 7) is 2.03. The maximum atomic E-state index is 12.2. The largest absolute Gasteiger partial charge is 0.457 e. The number of aliphatic imine (C=N–C) groups is 1. The van der Waals surface area contributed by atoms with Gasteiger partial charge in [0.25, 0.3) is 5.91 Å². The van der Waals surface area contributed by atoms with Gasteiger partial charge in [0, 0.05) is 21.7 Å². The fourth-order valence-corrected chi connectivity index (χ4v) is 3.72. The zero-order valence-electron chi connectivity index (χ0n) is 13.9. The standard InChI is InChI=1S/C21H14BrNO2S/c1-13-2-4-15(5-3-13)21-23-20(24)19(26-21)12-17-10-11-18(25-17)14-6-8-16(22)9-7-14/h2-12H,1H3. The van der Waals surface area contributed by atoms with Crippen LogP contribution in [0.15, 0.2) is 79.5 Å². The van der Waals surface area contributed by atoms with Crippen LogP contribution in [0, 0.1) is 6.92 Å². The molecule has 128 valence electrons. The van der Waals surface area contributed by atoms with E-state index in [1.165, 1.54) is 17.3 Å². The number of carbonyl (C=O) groups excluding carboxylic acids is 1. The third-order valence-corrected chi connectivity index (χ3v) is 5.51. The molecule has 0 fully saturated rings. The average Bonchev–Trinajstić information content (AvgIpc) is 3.24. The Morgan fingerprint density at radius 1 is 0.962 bits per heavy atom. The first-order chi connectivity index (χ1) is 12.6. The highest BCUT2D eigenvalue weighted by molar-refractivity contribution is 9.10. The van der Waals surface area contributed by atoms with E-state index < -0.39 is 0 Å². The number of hydrogen-bond donors (Lipinski definition) is 0. The van der Waals surface area contributed by atoms with Crippen molar-refractivity contribution in [2.45, 2.75) is 6.92 Å². The van der Waals surface area contributed by atoms with E-state index in [0.29, 0.717) is 10.7 Å². The monoisotopic (exact) mass is 423 g/mol. The van der Waals surface area contributed by atoms with Crippen LogP contribution < -0.4 is 0 Å². The number of benzene rings is 2. The molecule has 0 saturated carbocycles. The number of thioether (sulfide) groups is 1. The second-order valence-electron chi connectivity index (χ2n) is 5.91. The summed E-state index contributed by atoms with van der Waals surface area (Å²) in [5.41, 5.74) is 3.11. The Labute approximate surface area is 164 Å². The molecule has 4 rings (SSSR count). The summed E-state index contributed by atoms with van der Waals surface area (Å²) >= 11 is 4.80. The van der Waals surface area contributed by atoms with E-state index in [9.17, 15) is 4.79 Å². The maximum Gasteiger partial charge on any atom is 0.285 e. The molecule has 1 aliphatic rings. The van der Waals surface area contributed by atoms with Crippen LogP contribution in [0.3, 0.4) is 0 Å². The van der Waals surface area contributed by atoms with Gasteiger partial charge in [-0.05, 0) is 31.2 Å².